The lowest BCUT2D eigenvalue weighted by molar-refractivity contribution is -0.00402. The Bertz CT molecular complexity index is 515. The SMILES string of the molecule is CCCCCCCCCCCCCCCCCCOCC(O)CO/C(N)=C/C=C(\N)C#N. The second-order valence-corrected chi connectivity index (χ2v) is 8.65. The van der Waals surface area contributed by atoms with E-state index in [1.807, 2.05) is 0 Å². The molecule has 0 aliphatic heterocycles. The van der Waals surface area contributed by atoms with Gasteiger partial charge in [0.1, 0.15) is 24.5 Å². The number of nitriles is 1. The number of allylic oxidation sites excluding steroid dienone is 3. The van der Waals surface area contributed by atoms with Gasteiger partial charge in [0.2, 0.25) is 0 Å². The van der Waals surface area contributed by atoms with Crippen molar-refractivity contribution in [1.82, 2.24) is 0 Å². The van der Waals surface area contributed by atoms with Crippen molar-refractivity contribution in [3.8, 4) is 6.07 Å². The highest BCUT2D eigenvalue weighted by atomic mass is 16.5. The quantitative estimate of drug-likeness (QED) is 0.0781. The van der Waals surface area contributed by atoms with Crippen molar-refractivity contribution in [1.29, 1.82) is 5.26 Å². The van der Waals surface area contributed by atoms with E-state index in [4.69, 9.17) is 26.2 Å². The highest BCUT2D eigenvalue weighted by Gasteiger charge is 2.05. The molecule has 0 saturated carbocycles. The summed E-state index contributed by atoms with van der Waals surface area (Å²) < 4.78 is 10.7. The molecule has 0 aliphatic carbocycles. The first-order chi connectivity index (χ1) is 15.6. The Morgan fingerprint density at radius 1 is 0.781 bits per heavy atom. The van der Waals surface area contributed by atoms with E-state index in [1.54, 1.807) is 6.07 Å². The van der Waals surface area contributed by atoms with Gasteiger partial charge in [-0.1, -0.05) is 103 Å². The molecule has 5 N–H and O–H groups in total. The Morgan fingerprint density at radius 2 is 1.25 bits per heavy atom. The van der Waals surface area contributed by atoms with E-state index in [-0.39, 0.29) is 24.8 Å². The van der Waals surface area contributed by atoms with Crippen LogP contribution in [0.1, 0.15) is 110 Å². The molecular formula is C26H49N3O3. The van der Waals surface area contributed by atoms with Crippen LogP contribution in [-0.4, -0.2) is 31.0 Å². The van der Waals surface area contributed by atoms with Gasteiger partial charge in [-0.15, -0.1) is 0 Å². The first-order valence-electron chi connectivity index (χ1n) is 12.8. The topological polar surface area (TPSA) is 115 Å². The zero-order valence-electron chi connectivity index (χ0n) is 20.5. The summed E-state index contributed by atoms with van der Waals surface area (Å²) in [5.74, 6) is 0.0973. The molecule has 0 amide bonds. The summed E-state index contributed by atoms with van der Waals surface area (Å²) in [6.45, 7) is 3.20. The largest absolute Gasteiger partial charge is 0.477 e. The average molecular weight is 452 g/mol. The summed E-state index contributed by atoms with van der Waals surface area (Å²) in [4.78, 5) is 0. The lowest BCUT2D eigenvalue weighted by atomic mass is 10.0. The van der Waals surface area contributed by atoms with Crippen LogP contribution in [0.2, 0.25) is 0 Å². The van der Waals surface area contributed by atoms with Crippen molar-refractivity contribution in [2.75, 3.05) is 19.8 Å². The molecule has 0 rings (SSSR count). The van der Waals surface area contributed by atoms with Crippen LogP contribution in [0.3, 0.4) is 0 Å². The Hall–Kier alpha value is -1.71. The summed E-state index contributed by atoms with van der Waals surface area (Å²) in [6.07, 6.45) is 23.6. The van der Waals surface area contributed by atoms with Gasteiger partial charge in [-0.2, -0.15) is 5.26 Å². The monoisotopic (exact) mass is 451 g/mol. The van der Waals surface area contributed by atoms with Crippen molar-refractivity contribution in [3.05, 3.63) is 23.7 Å². The highest BCUT2D eigenvalue weighted by Crippen LogP contribution is 2.13. The maximum Gasteiger partial charge on any atom is 0.184 e. The minimum atomic E-state index is -0.736. The predicted molar refractivity (Wildman–Crippen MR) is 132 cm³/mol. The summed E-state index contributed by atoms with van der Waals surface area (Å²) >= 11 is 0. The van der Waals surface area contributed by atoms with E-state index in [0.29, 0.717) is 6.61 Å². The Kier molecular flexibility index (Phi) is 22.7. The Balaban J connectivity index is 3.31. The lowest BCUT2D eigenvalue weighted by Gasteiger charge is -2.12. The van der Waals surface area contributed by atoms with Crippen molar-refractivity contribution in [2.24, 2.45) is 11.5 Å². The molecule has 1 unspecified atom stereocenters. The minimum absolute atomic E-state index is 0.0410. The molecule has 0 bridgehead atoms. The second-order valence-electron chi connectivity index (χ2n) is 8.65. The zero-order valence-corrected chi connectivity index (χ0v) is 20.5. The second kappa shape index (κ2) is 23.9. The van der Waals surface area contributed by atoms with Crippen molar-refractivity contribution >= 4 is 0 Å². The van der Waals surface area contributed by atoms with Crippen LogP contribution in [0.4, 0.5) is 0 Å². The minimum Gasteiger partial charge on any atom is -0.477 e. The molecule has 6 heteroatoms. The van der Waals surface area contributed by atoms with Crippen LogP contribution < -0.4 is 11.5 Å². The van der Waals surface area contributed by atoms with Gasteiger partial charge in [-0.25, -0.2) is 0 Å². The predicted octanol–water partition coefficient (Wildman–Crippen LogP) is 5.81. The molecule has 0 radical (unpaired) electrons. The fourth-order valence-electron chi connectivity index (χ4n) is 3.47. The lowest BCUT2D eigenvalue weighted by Crippen LogP contribution is -2.23. The number of aliphatic hydroxyl groups is 1. The van der Waals surface area contributed by atoms with Crippen LogP contribution in [0.15, 0.2) is 23.7 Å². The highest BCUT2D eigenvalue weighted by molar-refractivity contribution is 5.22. The van der Waals surface area contributed by atoms with Gasteiger partial charge in [-0.05, 0) is 12.5 Å². The number of hydrogen-bond acceptors (Lipinski definition) is 6. The Morgan fingerprint density at radius 3 is 1.72 bits per heavy atom. The van der Waals surface area contributed by atoms with Gasteiger partial charge >= 0.3 is 0 Å². The fraction of sp³-hybridized carbons (Fsp3) is 0.808. The molecule has 6 nitrogen and oxygen atoms in total. The number of nitrogens with zero attached hydrogens (tertiary/aromatic N) is 1. The van der Waals surface area contributed by atoms with Gasteiger partial charge < -0.3 is 26.0 Å². The number of aliphatic hydroxyl groups excluding tert-OH is 1. The van der Waals surface area contributed by atoms with Gasteiger partial charge in [0, 0.05) is 12.7 Å². The summed E-state index contributed by atoms with van der Waals surface area (Å²) in [5, 5.41) is 18.4. The first-order valence-corrected chi connectivity index (χ1v) is 12.8. The van der Waals surface area contributed by atoms with Crippen LogP contribution in [0.5, 0.6) is 0 Å². The average Bonchev–Trinajstić information content (AvgIpc) is 2.80. The molecule has 0 saturated heterocycles. The molecule has 0 spiro atoms. The number of unbranched alkanes of at least 4 members (excludes halogenated alkanes) is 15. The van der Waals surface area contributed by atoms with Crippen molar-refractivity contribution in [2.45, 2.75) is 116 Å². The molecule has 0 aromatic carbocycles. The van der Waals surface area contributed by atoms with Gasteiger partial charge in [0.05, 0.1) is 6.61 Å². The third kappa shape index (κ3) is 23.0. The van der Waals surface area contributed by atoms with E-state index >= 15 is 0 Å². The standard InChI is InChI=1S/C26H49N3O3/c1-2-3-4-5-6-7-8-9-10-11-12-13-14-15-16-17-20-31-22-25(30)23-32-26(29)19-18-24(28)21-27/h18-19,25,30H,2-17,20,22-23,28-29H2,1H3/b24-18-,26-19+. The number of nitrogens with two attached hydrogens (primary N) is 2. The van der Waals surface area contributed by atoms with E-state index in [9.17, 15) is 5.11 Å². The van der Waals surface area contributed by atoms with Crippen LogP contribution in [0, 0.1) is 11.3 Å². The molecule has 0 aromatic rings. The van der Waals surface area contributed by atoms with Crippen molar-refractivity contribution < 1.29 is 14.6 Å². The van der Waals surface area contributed by atoms with Gasteiger partial charge in [0.15, 0.2) is 5.88 Å². The van der Waals surface area contributed by atoms with E-state index in [2.05, 4.69) is 6.92 Å². The maximum absolute atomic E-state index is 9.83. The third-order valence-electron chi connectivity index (χ3n) is 5.45. The Labute approximate surface area is 197 Å². The smallest absolute Gasteiger partial charge is 0.184 e. The molecule has 0 aromatic heterocycles. The van der Waals surface area contributed by atoms with Crippen LogP contribution >= 0.6 is 0 Å². The molecule has 186 valence electrons. The molecule has 0 heterocycles. The fourth-order valence-corrected chi connectivity index (χ4v) is 3.47. The number of rotatable bonds is 23. The normalized spacial score (nSPS) is 13.2. The third-order valence-corrected chi connectivity index (χ3v) is 5.45. The van der Waals surface area contributed by atoms with E-state index in [1.165, 1.54) is 108 Å². The summed E-state index contributed by atoms with van der Waals surface area (Å²) in [5.41, 5.74) is 11.0. The molecule has 0 fully saturated rings. The van der Waals surface area contributed by atoms with Crippen LogP contribution in [-0.2, 0) is 9.47 Å². The first kappa shape index (κ1) is 30.3. The number of ether oxygens (including phenoxy) is 2. The molecule has 1 atom stereocenters. The maximum atomic E-state index is 9.83. The van der Waals surface area contributed by atoms with Gasteiger partial charge in [0.25, 0.3) is 0 Å². The summed E-state index contributed by atoms with van der Waals surface area (Å²) in [7, 11) is 0. The van der Waals surface area contributed by atoms with E-state index in [0.717, 1.165) is 6.42 Å². The zero-order chi connectivity index (χ0) is 23.7. The number of hydrogen-bond donors (Lipinski definition) is 3. The molecule has 0 aliphatic rings. The van der Waals surface area contributed by atoms with Crippen molar-refractivity contribution in [3.63, 3.8) is 0 Å². The van der Waals surface area contributed by atoms with E-state index < -0.39 is 6.10 Å². The molecule has 32 heavy (non-hydrogen) atoms. The molecular weight excluding hydrogens is 402 g/mol. The van der Waals surface area contributed by atoms with Gasteiger partial charge in [-0.3, -0.25) is 0 Å². The van der Waals surface area contributed by atoms with Crippen LogP contribution in [0.25, 0.3) is 0 Å². The summed E-state index contributed by atoms with van der Waals surface area (Å²) in [6, 6.07) is 1.77.